The largest absolute Gasteiger partial charge is 0.495 e. The molecule has 1 unspecified atom stereocenters. The van der Waals surface area contributed by atoms with E-state index in [0.29, 0.717) is 12.0 Å². The van der Waals surface area contributed by atoms with Crippen LogP contribution in [0.5, 0.6) is 5.75 Å². The molecule has 0 saturated heterocycles. The smallest absolute Gasteiger partial charge is 0.196 e. The first-order valence-corrected chi connectivity index (χ1v) is 6.00. The molecule has 0 fully saturated rings. The third-order valence-electron chi connectivity index (χ3n) is 3.04. The second-order valence-electron chi connectivity index (χ2n) is 4.18. The van der Waals surface area contributed by atoms with Crippen molar-refractivity contribution in [1.82, 2.24) is 0 Å². The van der Waals surface area contributed by atoms with Gasteiger partial charge in [0.15, 0.2) is 5.96 Å². The van der Waals surface area contributed by atoms with Crippen molar-refractivity contribution >= 4 is 11.6 Å². The van der Waals surface area contributed by atoms with Crippen molar-refractivity contribution in [3.63, 3.8) is 0 Å². The molecule has 0 spiro atoms. The molecule has 1 aliphatic rings. The number of hydrogen-bond acceptors (Lipinski definition) is 4. The number of methoxy groups -OCH3 is 1. The van der Waals surface area contributed by atoms with Gasteiger partial charge >= 0.3 is 0 Å². The molecule has 2 N–H and O–H groups in total. The SMILES string of the molecule is CCCC1CN=C(N)N1c1ccccc1OC. The summed E-state index contributed by atoms with van der Waals surface area (Å²) < 4.78 is 5.38. The second kappa shape index (κ2) is 5.08. The fourth-order valence-electron chi connectivity index (χ4n) is 2.25. The number of anilines is 1. The van der Waals surface area contributed by atoms with E-state index in [1.807, 2.05) is 24.3 Å². The number of benzene rings is 1. The van der Waals surface area contributed by atoms with E-state index in [2.05, 4.69) is 16.8 Å². The molecule has 1 aromatic rings. The topological polar surface area (TPSA) is 50.8 Å². The first-order valence-electron chi connectivity index (χ1n) is 6.00. The van der Waals surface area contributed by atoms with E-state index in [4.69, 9.17) is 10.5 Å². The van der Waals surface area contributed by atoms with Crippen LogP contribution in [0, 0.1) is 0 Å². The zero-order valence-corrected chi connectivity index (χ0v) is 10.4. The first-order chi connectivity index (χ1) is 8.27. The Morgan fingerprint density at radius 1 is 1.47 bits per heavy atom. The number of guanidine groups is 1. The Bertz CT molecular complexity index is 417. The summed E-state index contributed by atoms with van der Waals surface area (Å²) in [6.45, 7) is 2.95. The van der Waals surface area contributed by atoms with Crippen LogP contribution in [-0.2, 0) is 0 Å². The van der Waals surface area contributed by atoms with Crippen molar-refractivity contribution in [3.8, 4) is 5.75 Å². The van der Waals surface area contributed by atoms with Crippen LogP contribution in [0.25, 0.3) is 0 Å². The Hall–Kier alpha value is -1.71. The van der Waals surface area contributed by atoms with Gasteiger partial charge in [-0.1, -0.05) is 25.5 Å². The average Bonchev–Trinajstić information content (AvgIpc) is 2.71. The number of ether oxygens (including phenoxy) is 1. The predicted molar refractivity (Wildman–Crippen MR) is 70.7 cm³/mol. The zero-order chi connectivity index (χ0) is 12.3. The summed E-state index contributed by atoms with van der Waals surface area (Å²) in [5.74, 6) is 1.43. The number of nitrogens with zero attached hydrogens (tertiary/aromatic N) is 2. The molecule has 4 nitrogen and oxygen atoms in total. The van der Waals surface area contributed by atoms with Crippen molar-refractivity contribution in [1.29, 1.82) is 0 Å². The summed E-state index contributed by atoms with van der Waals surface area (Å²) in [6, 6.07) is 8.28. The summed E-state index contributed by atoms with van der Waals surface area (Å²) in [4.78, 5) is 6.42. The minimum absolute atomic E-state index is 0.358. The highest BCUT2D eigenvalue weighted by atomic mass is 16.5. The van der Waals surface area contributed by atoms with Crippen molar-refractivity contribution in [2.45, 2.75) is 25.8 Å². The summed E-state index contributed by atoms with van der Waals surface area (Å²) >= 11 is 0. The number of aliphatic imine (C=N–C) groups is 1. The molecule has 0 aromatic heterocycles. The van der Waals surface area contributed by atoms with Gasteiger partial charge in [-0.2, -0.15) is 0 Å². The summed E-state index contributed by atoms with van der Waals surface area (Å²) in [5.41, 5.74) is 6.98. The van der Waals surface area contributed by atoms with E-state index < -0.39 is 0 Å². The highest BCUT2D eigenvalue weighted by Crippen LogP contribution is 2.31. The van der Waals surface area contributed by atoms with Gasteiger partial charge in [0.2, 0.25) is 0 Å². The van der Waals surface area contributed by atoms with E-state index in [0.717, 1.165) is 30.8 Å². The van der Waals surface area contributed by atoms with Gasteiger partial charge in [-0.25, -0.2) is 0 Å². The van der Waals surface area contributed by atoms with Crippen LogP contribution in [0.3, 0.4) is 0 Å². The van der Waals surface area contributed by atoms with Crippen LogP contribution < -0.4 is 15.4 Å². The fourth-order valence-corrected chi connectivity index (χ4v) is 2.25. The standard InChI is InChI=1S/C13H19N3O/c1-3-6-10-9-15-13(14)16(10)11-7-4-5-8-12(11)17-2/h4-5,7-8,10H,3,6,9H2,1-2H3,(H2,14,15). The molecule has 4 heteroatoms. The minimum atomic E-state index is 0.358. The zero-order valence-electron chi connectivity index (χ0n) is 10.4. The van der Waals surface area contributed by atoms with Gasteiger partial charge in [0, 0.05) is 0 Å². The highest BCUT2D eigenvalue weighted by Gasteiger charge is 2.28. The van der Waals surface area contributed by atoms with Gasteiger partial charge in [-0.05, 0) is 18.6 Å². The number of para-hydroxylation sites is 2. The lowest BCUT2D eigenvalue weighted by molar-refractivity contribution is 0.414. The number of rotatable bonds is 4. The van der Waals surface area contributed by atoms with Crippen molar-refractivity contribution in [2.24, 2.45) is 10.7 Å². The van der Waals surface area contributed by atoms with Crippen LogP contribution >= 0.6 is 0 Å². The van der Waals surface area contributed by atoms with Gasteiger partial charge in [0.25, 0.3) is 0 Å². The second-order valence-corrected chi connectivity index (χ2v) is 4.18. The van der Waals surface area contributed by atoms with Crippen molar-refractivity contribution < 1.29 is 4.74 Å². The van der Waals surface area contributed by atoms with Crippen LogP contribution in [0.15, 0.2) is 29.3 Å². The molecule has 0 bridgehead atoms. The molecule has 1 aliphatic heterocycles. The third kappa shape index (κ3) is 2.20. The maximum absolute atomic E-state index is 5.98. The van der Waals surface area contributed by atoms with Crippen LogP contribution in [0.2, 0.25) is 0 Å². The summed E-state index contributed by atoms with van der Waals surface area (Å²) in [5, 5.41) is 0. The lowest BCUT2D eigenvalue weighted by Gasteiger charge is -2.27. The molecule has 2 rings (SSSR count). The Morgan fingerprint density at radius 2 is 2.24 bits per heavy atom. The summed E-state index contributed by atoms with van der Waals surface area (Å²) in [6.07, 6.45) is 2.21. The molecule has 1 heterocycles. The molecule has 92 valence electrons. The van der Waals surface area contributed by atoms with Crippen LogP contribution in [-0.4, -0.2) is 25.7 Å². The minimum Gasteiger partial charge on any atom is -0.495 e. The Morgan fingerprint density at radius 3 is 2.94 bits per heavy atom. The monoisotopic (exact) mass is 233 g/mol. The van der Waals surface area contributed by atoms with Crippen molar-refractivity contribution in [3.05, 3.63) is 24.3 Å². The van der Waals surface area contributed by atoms with E-state index in [-0.39, 0.29) is 0 Å². The normalized spacial score (nSPS) is 19.3. The Balaban J connectivity index is 2.32. The van der Waals surface area contributed by atoms with Crippen molar-refractivity contribution in [2.75, 3.05) is 18.6 Å². The lowest BCUT2D eigenvalue weighted by atomic mass is 10.1. The van der Waals surface area contributed by atoms with Gasteiger partial charge in [0.1, 0.15) is 5.75 Å². The fraction of sp³-hybridized carbons (Fsp3) is 0.462. The van der Waals surface area contributed by atoms with Gasteiger partial charge in [0.05, 0.1) is 25.4 Å². The molecule has 1 aromatic carbocycles. The molecule has 0 amide bonds. The highest BCUT2D eigenvalue weighted by molar-refractivity contribution is 5.98. The third-order valence-corrected chi connectivity index (χ3v) is 3.04. The van der Waals surface area contributed by atoms with E-state index in [1.54, 1.807) is 7.11 Å². The van der Waals surface area contributed by atoms with Crippen LogP contribution in [0.1, 0.15) is 19.8 Å². The maximum Gasteiger partial charge on any atom is 0.196 e. The number of nitrogens with two attached hydrogens (primary N) is 1. The van der Waals surface area contributed by atoms with E-state index >= 15 is 0 Å². The molecule has 0 saturated carbocycles. The van der Waals surface area contributed by atoms with Gasteiger partial charge in [-0.15, -0.1) is 0 Å². The Kier molecular flexibility index (Phi) is 3.52. The predicted octanol–water partition coefficient (Wildman–Crippen LogP) is 2.00. The first kappa shape index (κ1) is 11.8. The quantitative estimate of drug-likeness (QED) is 0.865. The summed E-state index contributed by atoms with van der Waals surface area (Å²) in [7, 11) is 1.68. The van der Waals surface area contributed by atoms with Gasteiger partial charge < -0.3 is 15.4 Å². The molecule has 0 aliphatic carbocycles. The molecule has 0 radical (unpaired) electrons. The average molecular weight is 233 g/mol. The Labute approximate surface area is 102 Å². The van der Waals surface area contributed by atoms with Crippen LogP contribution in [0.4, 0.5) is 5.69 Å². The van der Waals surface area contributed by atoms with Gasteiger partial charge in [-0.3, -0.25) is 4.99 Å². The number of hydrogen-bond donors (Lipinski definition) is 1. The lowest BCUT2D eigenvalue weighted by Crippen LogP contribution is -2.40. The molecular weight excluding hydrogens is 214 g/mol. The van der Waals surface area contributed by atoms with E-state index in [9.17, 15) is 0 Å². The van der Waals surface area contributed by atoms with E-state index in [1.165, 1.54) is 0 Å². The maximum atomic E-state index is 5.98. The molecule has 1 atom stereocenters. The molecule has 17 heavy (non-hydrogen) atoms. The molecular formula is C13H19N3O.